The summed E-state index contributed by atoms with van der Waals surface area (Å²) in [5.74, 6) is 1.69. The molecule has 0 fully saturated rings. The molecule has 0 amide bonds. The lowest BCUT2D eigenvalue weighted by Gasteiger charge is -2.08. The van der Waals surface area contributed by atoms with E-state index in [0.29, 0.717) is 0 Å². The maximum atomic E-state index is 5.55. The van der Waals surface area contributed by atoms with E-state index in [1.807, 2.05) is 13.8 Å². The lowest BCUT2D eigenvalue weighted by Crippen LogP contribution is -2.08. The average molecular weight is 276 g/mol. The summed E-state index contributed by atoms with van der Waals surface area (Å²) in [6.45, 7) is 8.64. The Morgan fingerprint density at radius 3 is 2.80 bits per heavy atom. The molecule has 0 saturated carbocycles. The number of aryl methyl sites for hydroxylation is 2. The molecule has 0 spiro atoms. The second kappa shape index (κ2) is 7.24. The summed E-state index contributed by atoms with van der Waals surface area (Å²) in [5.41, 5.74) is 2.00. The Morgan fingerprint density at radius 1 is 1.20 bits per heavy atom. The van der Waals surface area contributed by atoms with Crippen molar-refractivity contribution in [3.8, 4) is 0 Å². The fourth-order valence-corrected chi connectivity index (χ4v) is 2.12. The number of nitrogens with one attached hydrogen (secondary N) is 2. The van der Waals surface area contributed by atoms with Crippen LogP contribution >= 0.6 is 0 Å². The van der Waals surface area contributed by atoms with E-state index in [4.69, 9.17) is 4.74 Å². The van der Waals surface area contributed by atoms with Crippen LogP contribution in [0.5, 0.6) is 0 Å². The number of aromatic amines is 1. The van der Waals surface area contributed by atoms with Crippen molar-refractivity contribution in [2.75, 3.05) is 25.1 Å². The van der Waals surface area contributed by atoms with Crippen LogP contribution in [0.25, 0.3) is 11.0 Å². The van der Waals surface area contributed by atoms with Gasteiger partial charge in [0, 0.05) is 25.5 Å². The number of nitrogens with zero attached hydrogens (tertiary/aromatic N) is 2. The minimum absolute atomic E-state index is 0.779. The fraction of sp³-hybridized carbons (Fsp3) is 0.600. The summed E-state index contributed by atoms with van der Waals surface area (Å²) in [4.78, 5) is 12.1. The van der Waals surface area contributed by atoms with Crippen LogP contribution in [-0.4, -0.2) is 34.7 Å². The molecule has 110 valence electrons. The van der Waals surface area contributed by atoms with Gasteiger partial charge in [-0.3, -0.25) is 0 Å². The lowest BCUT2D eigenvalue weighted by atomic mass is 10.3. The molecule has 5 heteroatoms. The smallest absolute Gasteiger partial charge is 0.143 e. The van der Waals surface area contributed by atoms with Crippen LogP contribution in [-0.2, 0) is 4.74 Å². The first-order valence-electron chi connectivity index (χ1n) is 7.36. The van der Waals surface area contributed by atoms with Gasteiger partial charge in [0.15, 0.2) is 0 Å². The Morgan fingerprint density at radius 2 is 2.00 bits per heavy atom. The fourth-order valence-electron chi connectivity index (χ4n) is 2.12. The van der Waals surface area contributed by atoms with Gasteiger partial charge in [0.05, 0.1) is 5.39 Å². The van der Waals surface area contributed by atoms with Crippen molar-refractivity contribution in [3.05, 3.63) is 17.6 Å². The zero-order chi connectivity index (χ0) is 14.4. The van der Waals surface area contributed by atoms with Gasteiger partial charge in [0.25, 0.3) is 0 Å². The molecule has 0 atom stereocenters. The number of hydrogen-bond acceptors (Lipinski definition) is 4. The molecule has 0 aliphatic carbocycles. The Bertz CT molecular complexity index is 550. The molecule has 2 heterocycles. The van der Waals surface area contributed by atoms with Gasteiger partial charge in [-0.25, -0.2) is 9.97 Å². The largest absolute Gasteiger partial charge is 0.381 e. The van der Waals surface area contributed by atoms with Crippen molar-refractivity contribution < 1.29 is 4.74 Å². The monoisotopic (exact) mass is 276 g/mol. The van der Waals surface area contributed by atoms with Crippen molar-refractivity contribution in [1.82, 2.24) is 15.0 Å². The van der Waals surface area contributed by atoms with Gasteiger partial charge >= 0.3 is 0 Å². The second-order valence-electron chi connectivity index (χ2n) is 5.08. The maximum Gasteiger partial charge on any atom is 0.143 e. The van der Waals surface area contributed by atoms with Crippen molar-refractivity contribution in [2.45, 2.75) is 40.0 Å². The van der Waals surface area contributed by atoms with Crippen LogP contribution in [0.3, 0.4) is 0 Å². The molecule has 0 aliphatic heterocycles. The van der Waals surface area contributed by atoms with E-state index in [1.165, 1.54) is 6.42 Å². The minimum Gasteiger partial charge on any atom is -0.381 e. The highest BCUT2D eigenvalue weighted by atomic mass is 16.5. The summed E-state index contributed by atoms with van der Waals surface area (Å²) in [6.07, 6.45) is 3.31. The van der Waals surface area contributed by atoms with Crippen LogP contribution in [0.4, 0.5) is 5.82 Å². The normalized spacial score (nSPS) is 11.2. The van der Waals surface area contributed by atoms with Gasteiger partial charge in [0.2, 0.25) is 0 Å². The van der Waals surface area contributed by atoms with E-state index >= 15 is 0 Å². The summed E-state index contributed by atoms with van der Waals surface area (Å²) >= 11 is 0. The van der Waals surface area contributed by atoms with Gasteiger partial charge in [0.1, 0.15) is 17.3 Å². The first-order chi connectivity index (χ1) is 9.70. The molecule has 2 aromatic rings. The zero-order valence-electron chi connectivity index (χ0n) is 12.6. The number of unbranched alkanes of at least 4 members (excludes halogenated alkanes) is 1. The third kappa shape index (κ3) is 3.93. The molecule has 2 N–H and O–H groups in total. The quantitative estimate of drug-likeness (QED) is 0.727. The molecule has 0 saturated heterocycles. The first kappa shape index (κ1) is 14.8. The maximum absolute atomic E-state index is 5.55. The molecule has 0 unspecified atom stereocenters. The van der Waals surface area contributed by atoms with E-state index < -0.39 is 0 Å². The van der Waals surface area contributed by atoms with Crippen molar-refractivity contribution in [2.24, 2.45) is 0 Å². The van der Waals surface area contributed by atoms with Crippen LogP contribution in [0, 0.1) is 13.8 Å². The van der Waals surface area contributed by atoms with Gasteiger partial charge in [-0.05, 0) is 32.8 Å². The van der Waals surface area contributed by atoms with E-state index in [9.17, 15) is 0 Å². The molecule has 0 aromatic carbocycles. The minimum atomic E-state index is 0.779. The van der Waals surface area contributed by atoms with E-state index in [0.717, 1.165) is 61.0 Å². The van der Waals surface area contributed by atoms with Crippen molar-refractivity contribution in [3.63, 3.8) is 0 Å². The predicted octanol–water partition coefficient (Wildman–Crippen LogP) is 3.19. The topological polar surface area (TPSA) is 62.8 Å². The molecule has 0 radical (unpaired) electrons. The standard InChI is InChI=1S/C15H24N4O/c1-4-5-8-20-9-6-7-16-14-13-10-11(2)17-15(13)19-12(3)18-14/h10H,4-9H2,1-3H3,(H2,16,17,18,19). The highest BCUT2D eigenvalue weighted by Gasteiger charge is 2.07. The molecule has 0 bridgehead atoms. The van der Waals surface area contributed by atoms with Gasteiger partial charge in [-0.15, -0.1) is 0 Å². The highest BCUT2D eigenvalue weighted by Crippen LogP contribution is 2.20. The molecule has 2 aromatic heterocycles. The number of aromatic nitrogens is 3. The Balaban J connectivity index is 1.86. The Labute approximate surface area is 120 Å². The van der Waals surface area contributed by atoms with E-state index in [-0.39, 0.29) is 0 Å². The summed E-state index contributed by atoms with van der Waals surface area (Å²) < 4.78 is 5.55. The number of anilines is 1. The van der Waals surface area contributed by atoms with Crippen LogP contribution in [0.15, 0.2) is 6.07 Å². The number of H-pyrrole nitrogens is 1. The summed E-state index contributed by atoms with van der Waals surface area (Å²) in [6, 6.07) is 2.08. The first-order valence-corrected chi connectivity index (χ1v) is 7.36. The zero-order valence-corrected chi connectivity index (χ0v) is 12.6. The van der Waals surface area contributed by atoms with Crippen molar-refractivity contribution >= 4 is 16.9 Å². The SMILES string of the molecule is CCCCOCCCNc1nc(C)nc2[nH]c(C)cc12. The van der Waals surface area contributed by atoms with Gasteiger partial charge in [-0.2, -0.15) is 0 Å². The molecule has 20 heavy (non-hydrogen) atoms. The number of hydrogen-bond donors (Lipinski definition) is 2. The van der Waals surface area contributed by atoms with Crippen LogP contribution in [0.1, 0.15) is 37.7 Å². The van der Waals surface area contributed by atoms with Crippen molar-refractivity contribution in [1.29, 1.82) is 0 Å². The van der Waals surface area contributed by atoms with Gasteiger partial charge < -0.3 is 15.0 Å². The molecular formula is C15H24N4O. The molecule has 5 nitrogen and oxygen atoms in total. The Hall–Kier alpha value is -1.62. The highest BCUT2D eigenvalue weighted by molar-refractivity contribution is 5.87. The number of rotatable bonds is 8. The van der Waals surface area contributed by atoms with E-state index in [2.05, 4.69) is 33.3 Å². The van der Waals surface area contributed by atoms with Gasteiger partial charge in [-0.1, -0.05) is 13.3 Å². The Kier molecular flexibility index (Phi) is 5.35. The summed E-state index contributed by atoms with van der Waals surface area (Å²) in [5, 5.41) is 4.44. The molecule has 2 rings (SSSR count). The summed E-state index contributed by atoms with van der Waals surface area (Å²) in [7, 11) is 0. The third-order valence-electron chi connectivity index (χ3n) is 3.13. The van der Waals surface area contributed by atoms with Crippen LogP contribution < -0.4 is 5.32 Å². The third-order valence-corrected chi connectivity index (χ3v) is 3.13. The molecular weight excluding hydrogens is 252 g/mol. The molecule has 0 aliphatic rings. The average Bonchev–Trinajstić information content (AvgIpc) is 2.77. The van der Waals surface area contributed by atoms with Crippen LogP contribution in [0.2, 0.25) is 0 Å². The number of fused-ring (bicyclic) bond motifs is 1. The van der Waals surface area contributed by atoms with E-state index in [1.54, 1.807) is 0 Å². The number of ether oxygens (including phenoxy) is 1. The predicted molar refractivity (Wildman–Crippen MR) is 82.2 cm³/mol. The second-order valence-corrected chi connectivity index (χ2v) is 5.08. The lowest BCUT2D eigenvalue weighted by molar-refractivity contribution is 0.131.